The van der Waals surface area contributed by atoms with Gasteiger partial charge in [0.25, 0.3) is 0 Å². The van der Waals surface area contributed by atoms with Crippen LogP contribution in [0.25, 0.3) is 0 Å². The first-order valence-electron chi connectivity index (χ1n) is 4.57. The molecule has 0 atom stereocenters. The molecule has 78 valence electrons. The van der Waals surface area contributed by atoms with Crippen molar-refractivity contribution < 1.29 is 0 Å². The third kappa shape index (κ3) is 3.16. The molecule has 0 saturated carbocycles. The van der Waals surface area contributed by atoms with Crippen LogP contribution in [0, 0.1) is 0 Å². The number of hydrogen-bond acceptors (Lipinski definition) is 1. The molecule has 0 aliphatic heterocycles. The molecule has 0 bridgehead atoms. The SMILES string of the molecule is CNC(C)(C)Cc1ccc(Cl)cc1Cl. The molecule has 0 spiro atoms. The van der Waals surface area contributed by atoms with E-state index >= 15 is 0 Å². The van der Waals surface area contributed by atoms with Crippen LogP contribution in [0.15, 0.2) is 18.2 Å². The van der Waals surface area contributed by atoms with Gasteiger partial charge >= 0.3 is 0 Å². The summed E-state index contributed by atoms with van der Waals surface area (Å²) in [4.78, 5) is 0. The maximum atomic E-state index is 6.08. The van der Waals surface area contributed by atoms with Crippen molar-refractivity contribution >= 4 is 23.2 Å². The van der Waals surface area contributed by atoms with E-state index in [9.17, 15) is 0 Å². The van der Waals surface area contributed by atoms with Crippen molar-refractivity contribution in [3.63, 3.8) is 0 Å². The van der Waals surface area contributed by atoms with Crippen LogP contribution in [-0.4, -0.2) is 12.6 Å². The van der Waals surface area contributed by atoms with Gasteiger partial charge in [-0.2, -0.15) is 0 Å². The molecule has 0 aliphatic carbocycles. The molecule has 0 aliphatic rings. The second-order valence-corrected chi connectivity index (χ2v) is 4.89. The fraction of sp³-hybridized carbons (Fsp3) is 0.455. The predicted octanol–water partition coefficient (Wildman–Crippen LogP) is 3.53. The maximum Gasteiger partial charge on any atom is 0.0453 e. The van der Waals surface area contributed by atoms with Gasteiger partial charge in [0.05, 0.1) is 0 Å². The highest BCUT2D eigenvalue weighted by molar-refractivity contribution is 6.35. The second kappa shape index (κ2) is 4.52. The highest BCUT2D eigenvalue weighted by Crippen LogP contribution is 2.24. The molecule has 1 nitrogen and oxygen atoms in total. The summed E-state index contributed by atoms with van der Waals surface area (Å²) in [7, 11) is 1.95. The largest absolute Gasteiger partial charge is 0.314 e. The van der Waals surface area contributed by atoms with Gasteiger partial charge < -0.3 is 5.32 Å². The van der Waals surface area contributed by atoms with E-state index < -0.39 is 0 Å². The summed E-state index contributed by atoms with van der Waals surface area (Å²) in [5, 5.41) is 4.66. The lowest BCUT2D eigenvalue weighted by atomic mass is 9.95. The average Bonchev–Trinajstić information content (AvgIpc) is 2.10. The molecular weight excluding hydrogens is 217 g/mol. The zero-order valence-corrected chi connectivity index (χ0v) is 10.2. The lowest BCUT2D eigenvalue weighted by Gasteiger charge is -2.24. The van der Waals surface area contributed by atoms with Gasteiger partial charge in [0.15, 0.2) is 0 Å². The number of likely N-dealkylation sites (N-methyl/N-ethyl adjacent to an activating group) is 1. The fourth-order valence-electron chi connectivity index (χ4n) is 1.23. The molecule has 0 aromatic heterocycles. The Morgan fingerprint density at radius 1 is 1.29 bits per heavy atom. The molecule has 1 rings (SSSR count). The standard InChI is InChI=1S/C11H15Cl2N/c1-11(2,14-3)7-8-4-5-9(12)6-10(8)13/h4-6,14H,7H2,1-3H3. The van der Waals surface area contributed by atoms with E-state index in [2.05, 4.69) is 19.2 Å². The van der Waals surface area contributed by atoms with E-state index in [-0.39, 0.29) is 5.54 Å². The molecule has 0 heterocycles. The number of halogens is 2. The maximum absolute atomic E-state index is 6.08. The van der Waals surface area contributed by atoms with E-state index in [1.165, 1.54) is 0 Å². The van der Waals surface area contributed by atoms with Crippen LogP contribution in [0.4, 0.5) is 0 Å². The minimum atomic E-state index is 0.0530. The highest BCUT2D eigenvalue weighted by atomic mass is 35.5. The van der Waals surface area contributed by atoms with E-state index in [1.54, 1.807) is 6.07 Å². The Balaban J connectivity index is 2.87. The Bertz CT molecular complexity index is 321. The van der Waals surface area contributed by atoms with Crippen LogP contribution in [0.5, 0.6) is 0 Å². The van der Waals surface area contributed by atoms with E-state index in [0.717, 1.165) is 17.0 Å². The Hall–Kier alpha value is -0.240. The lowest BCUT2D eigenvalue weighted by Crippen LogP contribution is -2.38. The Labute approximate surface area is 95.4 Å². The Morgan fingerprint density at radius 3 is 2.43 bits per heavy atom. The van der Waals surface area contributed by atoms with Crippen molar-refractivity contribution in [1.29, 1.82) is 0 Å². The zero-order valence-electron chi connectivity index (χ0n) is 8.70. The molecule has 1 N–H and O–H groups in total. The van der Waals surface area contributed by atoms with Crippen LogP contribution in [0.1, 0.15) is 19.4 Å². The van der Waals surface area contributed by atoms with Crippen molar-refractivity contribution in [3.8, 4) is 0 Å². The van der Waals surface area contributed by atoms with E-state index in [4.69, 9.17) is 23.2 Å². The number of rotatable bonds is 3. The summed E-state index contributed by atoms with van der Waals surface area (Å²) < 4.78 is 0. The number of hydrogen-bond donors (Lipinski definition) is 1. The average molecular weight is 232 g/mol. The first-order valence-corrected chi connectivity index (χ1v) is 5.33. The summed E-state index contributed by atoms with van der Waals surface area (Å²) >= 11 is 11.9. The zero-order chi connectivity index (χ0) is 10.8. The number of benzene rings is 1. The van der Waals surface area contributed by atoms with Crippen molar-refractivity contribution in [1.82, 2.24) is 5.32 Å². The van der Waals surface area contributed by atoms with Crippen molar-refractivity contribution in [2.24, 2.45) is 0 Å². The van der Waals surface area contributed by atoms with E-state index in [0.29, 0.717) is 5.02 Å². The molecule has 0 saturated heterocycles. The third-order valence-corrected chi connectivity index (χ3v) is 2.91. The summed E-state index contributed by atoms with van der Waals surface area (Å²) in [6, 6.07) is 5.63. The molecule has 0 unspecified atom stereocenters. The molecule has 14 heavy (non-hydrogen) atoms. The monoisotopic (exact) mass is 231 g/mol. The van der Waals surface area contributed by atoms with Gasteiger partial charge in [-0.15, -0.1) is 0 Å². The third-order valence-electron chi connectivity index (χ3n) is 2.32. The summed E-state index contributed by atoms with van der Waals surface area (Å²) in [5.74, 6) is 0. The molecule has 0 radical (unpaired) electrons. The van der Waals surface area contributed by atoms with Crippen LogP contribution in [0.2, 0.25) is 10.0 Å². The Morgan fingerprint density at radius 2 is 1.93 bits per heavy atom. The van der Waals surface area contributed by atoms with Gasteiger partial charge in [-0.05, 0) is 45.0 Å². The fourth-order valence-corrected chi connectivity index (χ4v) is 1.70. The number of nitrogens with one attached hydrogen (secondary N) is 1. The predicted molar refractivity (Wildman–Crippen MR) is 63.3 cm³/mol. The normalized spacial score (nSPS) is 11.8. The Kier molecular flexibility index (Phi) is 3.82. The van der Waals surface area contributed by atoms with Crippen LogP contribution in [-0.2, 0) is 6.42 Å². The first kappa shape index (κ1) is 11.8. The van der Waals surface area contributed by atoms with Crippen molar-refractivity contribution in [3.05, 3.63) is 33.8 Å². The highest BCUT2D eigenvalue weighted by Gasteiger charge is 2.16. The van der Waals surface area contributed by atoms with Gasteiger partial charge in [-0.3, -0.25) is 0 Å². The van der Waals surface area contributed by atoms with Crippen molar-refractivity contribution in [2.45, 2.75) is 25.8 Å². The van der Waals surface area contributed by atoms with Crippen LogP contribution in [0.3, 0.4) is 0 Å². The summed E-state index contributed by atoms with van der Waals surface area (Å²) in [5.41, 5.74) is 1.17. The lowest BCUT2D eigenvalue weighted by molar-refractivity contribution is 0.422. The van der Waals surface area contributed by atoms with Crippen molar-refractivity contribution in [2.75, 3.05) is 7.05 Å². The summed E-state index contributed by atoms with van der Waals surface area (Å²) in [6.07, 6.45) is 0.888. The molecule has 0 fully saturated rings. The van der Waals surface area contributed by atoms with Crippen LogP contribution < -0.4 is 5.32 Å². The molecule has 3 heteroatoms. The summed E-state index contributed by atoms with van der Waals surface area (Å²) in [6.45, 7) is 4.27. The quantitative estimate of drug-likeness (QED) is 0.840. The van der Waals surface area contributed by atoms with Gasteiger partial charge in [0.2, 0.25) is 0 Å². The topological polar surface area (TPSA) is 12.0 Å². The van der Waals surface area contributed by atoms with Gasteiger partial charge in [0.1, 0.15) is 0 Å². The van der Waals surface area contributed by atoms with E-state index in [1.807, 2.05) is 19.2 Å². The first-order chi connectivity index (χ1) is 6.44. The minimum absolute atomic E-state index is 0.0530. The molecule has 1 aromatic rings. The second-order valence-electron chi connectivity index (χ2n) is 4.05. The van der Waals surface area contributed by atoms with Crippen LogP contribution >= 0.6 is 23.2 Å². The smallest absolute Gasteiger partial charge is 0.0453 e. The van der Waals surface area contributed by atoms with Gasteiger partial charge in [-0.1, -0.05) is 29.3 Å². The van der Waals surface area contributed by atoms with Gasteiger partial charge in [0, 0.05) is 15.6 Å². The molecule has 0 amide bonds. The molecular formula is C11H15Cl2N. The van der Waals surface area contributed by atoms with Gasteiger partial charge in [-0.25, -0.2) is 0 Å². The minimum Gasteiger partial charge on any atom is -0.314 e. The molecule has 1 aromatic carbocycles.